The number of amides is 1. The first-order valence-corrected chi connectivity index (χ1v) is 18.2. The molecule has 3 saturated heterocycles. The molecule has 3 aliphatic heterocycles. The molecule has 2 aromatic carbocycles. The zero-order chi connectivity index (χ0) is 33.5. The fourth-order valence-corrected chi connectivity index (χ4v) is 9.07. The Kier molecular flexibility index (Phi) is 8.80. The molecule has 10 heteroatoms. The molecule has 1 saturated carbocycles. The summed E-state index contributed by atoms with van der Waals surface area (Å²) in [4.78, 5) is 31.0. The van der Waals surface area contributed by atoms with Gasteiger partial charge < -0.3 is 29.1 Å². The number of imidazole rings is 1. The van der Waals surface area contributed by atoms with Crippen LogP contribution < -0.4 is 15.0 Å². The van der Waals surface area contributed by atoms with Gasteiger partial charge in [-0.25, -0.2) is 4.98 Å². The first kappa shape index (κ1) is 32.2. The average Bonchev–Trinajstić information content (AvgIpc) is 3.48. The maximum absolute atomic E-state index is 13.8. The van der Waals surface area contributed by atoms with Gasteiger partial charge >= 0.3 is 0 Å². The number of benzene rings is 2. The molecular formula is C39H49N7O3. The number of aliphatic hydroxyl groups is 1. The number of para-hydroxylation sites is 1. The van der Waals surface area contributed by atoms with Crippen LogP contribution in [0.2, 0.25) is 0 Å². The summed E-state index contributed by atoms with van der Waals surface area (Å²) in [6.07, 6.45) is 9.62. The molecule has 5 heterocycles. The fourth-order valence-electron chi connectivity index (χ4n) is 9.07. The second-order valence-corrected chi connectivity index (χ2v) is 15.0. The van der Waals surface area contributed by atoms with Gasteiger partial charge in [-0.05, 0) is 119 Å². The number of hydrogen-bond acceptors (Lipinski definition) is 8. The largest absolute Gasteiger partial charge is 0.496 e. The molecule has 4 aromatic rings. The molecule has 0 unspecified atom stereocenters. The van der Waals surface area contributed by atoms with Crippen LogP contribution in [-0.4, -0.2) is 101 Å². The van der Waals surface area contributed by atoms with E-state index in [0.29, 0.717) is 34.4 Å². The van der Waals surface area contributed by atoms with Gasteiger partial charge in [0.2, 0.25) is 5.95 Å². The Labute approximate surface area is 289 Å². The molecule has 2 aromatic heterocycles. The number of aliphatic hydroxyl groups excluding tert-OH is 1. The molecule has 4 fully saturated rings. The summed E-state index contributed by atoms with van der Waals surface area (Å²) >= 11 is 0. The lowest BCUT2D eigenvalue weighted by Crippen LogP contribution is -2.60. The third-order valence-electron chi connectivity index (χ3n) is 11.8. The maximum atomic E-state index is 13.8. The van der Waals surface area contributed by atoms with Gasteiger partial charge in [-0.2, -0.15) is 0 Å². The van der Waals surface area contributed by atoms with E-state index in [1.54, 1.807) is 25.4 Å². The van der Waals surface area contributed by atoms with Gasteiger partial charge in [0.25, 0.3) is 5.91 Å². The van der Waals surface area contributed by atoms with E-state index in [9.17, 15) is 9.90 Å². The Morgan fingerprint density at radius 3 is 2.41 bits per heavy atom. The third-order valence-corrected chi connectivity index (χ3v) is 11.8. The number of rotatable bonds is 7. The highest BCUT2D eigenvalue weighted by molar-refractivity contribution is 6.04. The van der Waals surface area contributed by atoms with E-state index in [0.717, 1.165) is 55.4 Å². The molecule has 2 N–H and O–H groups in total. The number of piperidine rings is 2. The molecule has 10 nitrogen and oxygen atoms in total. The van der Waals surface area contributed by atoms with Crippen LogP contribution >= 0.6 is 0 Å². The zero-order valence-electron chi connectivity index (χ0n) is 28.9. The van der Waals surface area contributed by atoms with Gasteiger partial charge in [-0.15, -0.1) is 0 Å². The minimum atomic E-state index is -0.272. The van der Waals surface area contributed by atoms with Crippen LogP contribution in [0, 0.1) is 5.41 Å². The molecule has 49 heavy (non-hydrogen) atoms. The van der Waals surface area contributed by atoms with E-state index in [2.05, 4.69) is 54.8 Å². The lowest BCUT2D eigenvalue weighted by Gasteiger charge is -2.54. The zero-order valence-corrected chi connectivity index (χ0v) is 28.9. The van der Waals surface area contributed by atoms with Crippen LogP contribution in [0.4, 0.5) is 11.6 Å². The standard InChI is InChI=1S/C39H49N7O3/c1-43-25-39(26-43)16-21-45(22-17-39)28-14-19-44(20-15-28)30-9-12-33-35(24-30)46(29-7-10-31(47)11-8-29)38(41-33)42-37(48)27-13-18-40-34(23-27)32-5-3-4-6-36(32)49-2/h3-6,9,12-13,18,23-24,28-29,31,47H,7-8,10-11,14-17,19-22,25-26H2,1-2H3,(H,41,42,48)/t29-,31+. The summed E-state index contributed by atoms with van der Waals surface area (Å²) < 4.78 is 7.76. The molecule has 4 aliphatic rings. The average molecular weight is 664 g/mol. The molecule has 0 bridgehead atoms. The Morgan fingerprint density at radius 2 is 1.67 bits per heavy atom. The van der Waals surface area contributed by atoms with Crippen molar-refractivity contribution < 1.29 is 14.6 Å². The van der Waals surface area contributed by atoms with E-state index in [-0.39, 0.29) is 18.1 Å². The van der Waals surface area contributed by atoms with Crippen molar-refractivity contribution in [3.05, 3.63) is 66.4 Å². The van der Waals surface area contributed by atoms with Crippen molar-refractivity contribution in [2.45, 2.75) is 69.6 Å². The van der Waals surface area contributed by atoms with Crippen LogP contribution in [-0.2, 0) is 0 Å². The second-order valence-electron chi connectivity index (χ2n) is 15.0. The Hall–Kier alpha value is -3.99. The minimum absolute atomic E-state index is 0.143. The van der Waals surface area contributed by atoms with Crippen molar-refractivity contribution in [2.24, 2.45) is 5.41 Å². The summed E-state index contributed by atoms with van der Waals surface area (Å²) in [5, 5.41) is 13.5. The quantitative estimate of drug-likeness (QED) is 0.255. The number of likely N-dealkylation sites (tertiary alicyclic amines) is 2. The number of carbonyl (C=O) groups excluding carboxylic acids is 1. The van der Waals surface area contributed by atoms with E-state index < -0.39 is 0 Å². The van der Waals surface area contributed by atoms with Gasteiger partial charge in [0.15, 0.2) is 0 Å². The van der Waals surface area contributed by atoms with Gasteiger partial charge in [0.05, 0.1) is 29.9 Å². The number of nitrogens with one attached hydrogen (secondary N) is 1. The van der Waals surface area contributed by atoms with Crippen molar-refractivity contribution in [1.82, 2.24) is 24.3 Å². The number of methoxy groups -OCH3 is 1. The Balaban J connectivity index is 1.01. The fraction of sp³-hybridized carbons (Fsp3) is 0.513. The molecule has 0 atom stereocenters. The predicted octanol–water partition coefficient (Wildman–Crippen LogP) is 5.83. The first-order chi connectivity index (χ1) is 23.9. The normalized spacial score (nSPS) is 23.4. The highest BCUT2D eigenvalue weighted by Crippen LogP contribution is 2.41. The van der Waals surface area contributed by atoms with Gasteiger partial charge in [0, 0.05) is 61.3 Å². The van der Waals surface area contributed by atoms with E-state index >= 15 is 0 Å². The predicted molar refractivity (Wildman–Crippen MR) is 193 cm³/mol. The SMILES string of the molecule is COc1ccccc1-c1cc(C(=O)Nc2nc3ccc(N4CCC(N5CCC6(CC5)CN(C)C6)CC4)cc3n2[C@H]2CC[C@@H](O)CC2)ccn1. The van der Waals surface area contributed by atoms with Gasteiger partial charge in [0.1, 0.15) is 5.75 Å². The Bertz CT molecular complexity index is 1790. The van der Waals surface area contributed by atoms with E-state index in [1.165, 1.54) is 57.5 Å². The summed E-state index contributed by atoms with van der Waals surface area (Å²) in [5.74, 6) is 1.02. The molecule has 1 spiro atoms. The van der Waals surface area contributed by atoms with Crippen LogP contribution in [0.1, 0.15) is 67.8 Å². The third kappa shape index (κ3) is 6.42. The van der Waals surface area contributed by atoms with Crippen molar-refractivity contribution >= 4 is 28.6 Å². The summed E-state index contributed by atoms with van der Waals surface area (Å²) in [6.45, 7) is 7.14. The summed E-state index contributed by atoms with van der Waals surface area (Å²) in [5.41, 5.74) is 5.71. The van der Waals surface area contributed by atoms with Crippen LogP contribution in [0.15, 0.2) is 60.8 Å². The minimum Gasteiger partial charge on any atom is -0.496 e. The van der Waals surface area contributed by atoms with E-state index in [4.69, 9.17) is 9.72 Å². The number of carbonyl (C=O) groups is 1. The monoisotopic (exact) mass is 663 g/mol. The molecular weight excluding hydrogens is 614 g/mol. The lowest BCUT2D eigenvalue weighted by molar-refractivity contribution is -0.0419. The lowest BCUT2D eigenvalue weighted by atomic mass is 9.72. The summed E-state index contributed by atoms with van der Waals surface area (Å²) in [7, 11) is 3.88. The number of fused-ring (bicyclic) bond motifs is 1. The van der Waals surface area contributed by atoms with Crippen molar-refractivity contribution in [3.63, 3.8) is 0 Å². The van der Waals surface area contributed by atoms with Gasteiger partial charge in [-0.1, -0.05) is 12.1 Å². The number of pyridine rings is 1. The van der Waals surface area contributed by atoms with Crippen LogP contribution in [0.25, 0.3) is 22.3 Å². The molecule has 0 radical (unpaired) electrons. The number of nitrogens with zero attached hydrogens (tertiary/aromatic N) is 6. The topological polar surface area (TPSA) is 99.0 Å². The van der Waals surface area contributed by atoms with Gasteiger partial charge in [-0.3, -0.25) is 15.1 Å². The highest BCUT2D eigenvalue weighted by Gasteiger charge is 2.44. The second kappa shape index (κ2) is 13.4. The number of hydrogen-bond donors (Lipinski definition) is 2. The Morgan fingerprint density at radius 1 is 0.918 bits per heavy atom. The summed E-state index contributed by atoms with van der Waals surface area (Å²) in [6, 6.07) is 18.6. The smallest absolute Gasteiger partial charge is 0.258 e. The number of aromatic nitrogens is 3. The van der Waals surface area contributed by atoms with Crippen molar-refractivity contribution in [2.75, 3.05) is 63.6 Å². The molecule has 1 aliphatic carbocycles. The number of anilines is 2. The number of ether oxygens (including phenoxy) is 1. The molecule has 258 valence electrons. The first-order valence-electron chi connectivity index (χ1n) is 18.2. The molecule has 8 rings (SSSR count). The van der Waals surface area contributed by atoms with Crippen LogP contribution in [0.5, 0.6) is 5.75 Å². The van der Waals surface area contributed by atoms with E-state index in [1.807, 2.05) is 24.3 Å². The van der Waals surface area contributed by atoms with Crippen molar-refractivity contribution in [3.8, 4) is 17.0 Å². The maximum Gasteiger partial charge on any atom is 0.258 e. The molecule has 1 amide bonds. The van der Waals surface area contributed by atoms with Crippen LogP contribution in [0.3, 0.4) is 0 Å². The van der Waals surface area contributed by atoms with Crippen molar-refractivity contribution in [1.29, 1.82) is 0 Å². The highest BCUT2D eigenvalue weighted by atomic mass is 16.5.